The van der Waals surface area contributed by atoms with Crippen LogP contribution in [0.2, 0.25) is 5.02 Å². The maximum atomic E-state index is 14.5. The monoisotopic (exact) mass is 661 g/mol. The highest BCUT2D eigenvalue weighted by Crippen LogP contribution is 2.27. The second kappa shape index (κ2) is 16.3. The second-order valence-corrected chi connectivity index (χ2v) is 13.3. The van der Waals surface area contributed by atoms with Gasteiger partial charge in [-0.25, -0.2) is 8.42 Å². The molecule has 8 nitrogen and oxygen atoms in total. The summed E-state index contributed by atoms with van der Waals surface area (Å²) in [5.74, 6) is -0.244. The highest BCUT2D eigenvalue weighted by molar-refractivity contribution is 7.92. The topological polar surface area (TPSA) is 96.0 Å². The molecule has 0 fully saturated rings. The molecule has 0 aromatic heterocycles. The molecule has 0 aliphatic rings. The van der Waals surface area contributed by atoms with E-state index in [0.717, 1.165) is 33.8 Å². The van der Waals surface area contributed by atoms with Crippen molar-refractivity contribution in [3.05, 3.63) is 125 Å². The largest absolute Gasteiger partial charge is 0.497 e. The molecule has 4 aromatic rings. The van der Waals surface area contributed by atoms with Crippen LogP contribution in [0.3, 0.4) is 0 Å². The number of hydrogen-bond donors (Lipinski definition) is 1. The van der Waals surface area contributed by atoms with Crippen molar-refractivity contribution in [1.82, 2.24) is 10.2 Å². The first-order valence-corrected chi connectivity index (χ1v) is 17.0. The van der Waals surface area contributed by atoms with Gasteiger partial charge >= 0.3 is 0 Å². The van der Waals surface area contributed by atoms with Gasteiger partial charge in [-0.2, -0.15) is 0 Å². The normalized spacial score (nSPS) is 11.8. The minimum Gasteiger partial charge on any atom is -0.497 e. The van der Waals surface area contributed by atoms with Gasteiger partial charge in [0.25, 0.3) is 10.0 Å². The van der Waals surface area contributed by atoms with Crippen molar-refractivity contribution in [2.45, 2.75) is 50.6 Å². The van der Waals surface area contributed by atoms with Gasteiger partial charge in [-0.3, -0.25) is 13.9 Å². The Bertz CT molecular complexity index is 1700. The fourth-order valence-corrected chi connectivity index (χ4v) is 6.54. The Morgan fingerprint density at radius 2 is 1.57 bits per heavy atom. The molecular weight excluding hydrogens is 622 g/mol. The van der Waals surface area contributed by atoms with E-state index in [9.17, 15) is 18.0 Å². The molecule has 1 N–H and O–H groups in total. The Labute approximate surface area is 277 Å². The molecular formula is C36H40ClN3O5S. The highest BCUT2D eigenvalue weighted by atomic mass is 35.5. The zero-order valence-corrected chi connectivity index (χ0v) is 27.9. The number of sulfonamides is 1. The number of ether oxygens (including phenoxy) is 1. The Balaban J connectivity index is 1.79. The van der Waals surface area contributed by atoms with Crippen molar-refractivity contribution in [3.8, 4) is 5.75 Å². The number of aryl methyl sites for hydroxylation is 1. The minimum absolute atomic E-state index is 0.0113. The van der Waals surface area contributed by atoms with Crippen molar-refractivity contribution < 1.29 is 22.7 Å². The average molecular weight is 662 g/mol. The number of hydrogen-bond acceptors (Lipinski definition) is 5. The lowest BCUT2D eigenvalue weighted by Gasteiger charge is -2.34. The van der Waals surface area contributed by atoms with Gasteiger partial charge in [-0.1, -0.05) is 85.1 Å². The molecule has 4 aromatic carbocycles. The van der Waals surface area contributed by atoms with E-state index in [2.05, 4.69) is 5.32 Å². The van der Waals surface area contributed by atoms with E-state index in [1.54, 1.807) is 43.5 Å². The number of amides is 2. The molecule has 242 valence electrons. The number of unbranched alkanes of at least 4 members (excludes halogenated alkanes) is 1. The predicted octanol–water partition coefficient (Wildman–Crippen LogP) is 6.41. The average Bonchev–Trinajstić information content (AvgIpc) is 3.06. The molecule has 0 spiro atoms. The third kappa shape index (κ3) is 9.11. The predicted molar refractivity (Wildman–Crippen MR) is 183 cm³/mol. The molecule has 2 amide bonds. The van der Waals surface area contributed by atoms with Crippen molar-refractivity contribution in [3.63, 3.8) is 0 Å². The van der Waals surface area contributed by atoms with E-state index >= 15 is 0 Å². The Kier molecular flexibility index (Phi) is 12.2. The number of anilines is 1. The van der Waals surface area contributed by atoms with Gasteiger partial charge < -0.3 is 15.0 Å². The van der Waals surface area contributed by atoms with Gasteiger partial charge in [0.05, 0.1) is 17.7 Å². The number of nitrogens with zero attached hydrogens (tertiary/aromatic N) is 2. The van der Waals surface area contributed by atoms with Crippen molar-refractivity contribution in [1.29, 1.82) is 0 Å². The molecule has 0 saturated carbocycles. The molecule has 0 saturated heterocycles. The summed E-state index contributed by atoms with van der Waals surface area (Å²) in [6, 6.07) is 28.5. The van der Waals surface area contributed by atoms with E-state index in [1.807, 2.05) is 56.3 Å². The molecule has 10 heteroatoms. The van der Waals surface area contributed by atoms with E-state index in [1.165, 1.54) is 29.2 Å². The smallest absolute Gasteiger partial charge is 0.264 e. The molecule has 0 bridgehead atoms. The van der Waals surface area contributed by atoms with Crippen LogP contribution in [0, 0.1) is 6.92 Å². The lowest BCUT2D eigenvalue weighted by molar-refractivity contribution is -0.140. The Morgan fingerprint density at radius 3 is 2.22 bits per heavy atom. The first-order chi connectivity index (χ1) is 22.1. The summed E-state index contributed by atoms with van der Waals surface area (Å²) in [6.07, 6.45) is 1.92. The number of methoxy groups -OCH3 is 1. The third-order valence-electron chi connectivity index (χ3n) is 7.59. The summed E-state index contributed by atoms with van der Waals surface area (Å²) in [5, 5.41) is 3.39. The first kappa shape index (κ1) is 34.5. The van der Waals surface area contributed by atoms with Gasteiger partial charge in [-0.05, 0) is 73.0 Å². The number of rotatable bonds is 15. The van der Waals surface area contributed by atoms with E-state index < -0.39 is 28.5 Å². The van der Waals surface area contributed by atoms with Gasteiger partial charge in [0.15, 0.2) is 0 Å². The summed E-state index contributed by atoms with van der Waals surface area (Å²) >= 11 is 6.06. The molecule has 0 radical (unpaired) electrons. The number of nitrogens with one attached hydrogen (secondary N) is 1. The van der Waals surface area contributed by atoms with Crippen LogP contribution in [0.1, 0.15) is 36.5 Å². The standard InChI is InChI=1S/C36H40ClN3O5S/c1-4-5-22-38-36(42)34(24-28-10-7-6-8-11-28)39(25-29-12-9-13-32(23-29)45-3)35(41)26-40(31-18-14-27(2)15-19-31)46(43,44)33-20-16-30(37)17-21-33/h6-21,23,34H,4-5,22,24-26H2,1-3H3,(H,38,42)/t34-/m0/s1. The molecule has 46 heavy (non-hydrogen) atoms. The van der Waals surface area contributed by atoms with Crippen LogP contribution in [0.5, 0.6) is 5.75 Å². The van der Waals surface area contributed by atoms with Crippen LogP contribution in [0.25, 0.3) is 0 Å². The number of carbonyl (C=O) groups is 2. The third-order valence-corrected chi connectivity index (χ3v) is 9.63. The van der Waals surface area contributed by atoms with Crippen molar-refractivity contribution in [2.75, 3.05) is 24.5 Å². The Hall–Kier alpha value is -4.34. The number of halogens is 1. The summed E-state index contributed by atoms with van der Waals surface area (Å²) in [6.45, 7) is 3.91. The fourth-order valence-electron chi connectivity index (χ4n) is 5.00. The second-order valence-electron chi connectivity index (χ2n) is 11.0. The van der Waals surface area contributed by atoms with E-state index in [-0.39, 0.29) is 23.8 Å². The van der Waals surface area contributed by atoms with E-state index in [4.69, 9.17) is 16.3 Å². The van der Waals surface area contributed by atoms with Crippen LogP contribution in [0.15, 0.2) is 108 Å². The summed E-state index contributed by atoms with van der Waals surface area (Å²) in [5.41, 5.74) is 2.85. The molecule has 0 aliphatic heterocycles. The zero-order valence-electron chi connectivity index (χ0n) is 26.4. The van der Waals surface area contributed by atoms with Crippen LogP contribution < -0.4 is 14.4 Å². The quantitative estimate of drug-likeness (QED) is 0.149. The van der Waals surface area contributed by atoms with E-state index in [0.29, 0.717) is 23.0 Å². The van der Waals surface area contributed by atoms with Gasteiger partial charge in [0, 0.05) is 24.5 Å². The maximum absolute atomic E-state index is 14.5. The number of carbonyl (C=O) groups excluding carboxylic acids is 2. The van der Waals surface area contributed by atoms with Gasteiger partial charge in [-0.15, -0.1) is 0 Å². The summed E-state index contributed by atoms with van der Waals surface area (Å²) < 4.78 is 34.7. The maximum Gasteiger partial charge on any atom is 0.264 e. The van der Waals surface area contributed by atoms with Crippen LogP contribution in [-0.4, -0.2) is 51.4 Å². The van der Waals surface area contributed by atoms with Gasteiger partial charge in [0.2, 0.25) is 11.8 Å². The summed E-state index contributed by atoms with van der Waals surface area (Å²) in [4.78, 5) is 29.9. The first-order valence-electron chi connectivity index (χ1n) is 15.2. The molecule has 0 heterocycles. The summed E-state index contributed by atoms with van der Waals surface area (Å²) in [7, 11) is -2.65. The fraction of sp³-hybridized carbons (Fsp3) is 0.278. The minimum atomic E-state index is -4.21. The highest BCUT2D eigenvalue weighted by Gasteiger charge is 2.34. The molecule has 1 atom stereocenters. The number of benzene rings is 4. The van der Waals surface area contributed by atoms with Crippen molar-refractivity contribution >= 4 is 39.1 Å². The SMILES string of the molecule is CCCCNC(=O)[C@H](Cc1ccccc1)N(Cc1cccc(OC)c1)C(=O)CN(c1ccc(C)cc1)S(=O)(=O)c1ccc(Cl)cc1. The lowest BCUT2D eigenvalue weighted by Crippen LogP contribution is -2.53. The molecule has 0 aliphatic carbocycles. The van der Waals surface area contributed by atoms with Gasteiger partial charge in [0.1, 0.15) is 18.3 Å². The lowest BCUT2D eigenvalue weighted by atomic mass is 10.0. The Morgan fingerprint density at radius 1 is 0.891 bits per heavy atom. The van der Waals surface area contributed by atoms with Crippen molar-refractivity contribution in [2.24, 2.45) is 0 Å². The molecule has 0 unspecified atom stereocenters. The van der Waals surface area contributed by atoms with Crippen LogP contribution in [0.4, 0.5) is 5.69 Å². The van der Waals surface area contributed by atoms with Crippen LogP contribution in [-0.2, 0) is 32.6 Å². The molecule has 4 rings (SSSR count). The zero-order chi connectivity index (χ0) is 33.1. The van der Waals surface area contributed by atoms with Crippen LogP contribution >= 0.6 is 11.6 Å².